The number of carbonyl (C=O) groups excluding carboxylic acids is 2. The van der Waals surface area contributed by atoms with Crippen LogP contribution in [0.4, 0.5) is 0 Å². The third-order valence-electron chi connectivity index (χ3n) is 8.24. The number of hydrogen-bond acceptors (Lipinski definition) is 5. The quantitative estimate of drug-likeness (QED) is 0.571. The van der Waals surface area contributed by atoms with Crippen molar-refractivity contribution < 1.29 is 23.8 Å². The van der Waals surface area contributed by atoms with Gasteiger partial charge in [0.25, 0.3) is 0 Å². The average Bonchev–Trinajstić information content (AvgIpc) is 3.18. The van der Waals surface area contributed by atoms with E-state index in [-0.39, 0.29) is 41.3 Å². The summed E-state index contributed by atoms with van der Waals surface area (Å²) in [5.41, 5.74) is -0.576. The fourth-order valence-electron chi connectivity index (χ4n) is 7.96. The highest BCUT2D eigenvalue weighted by molar-refractivity contribution is 5.81. The molecule has 0 aromatic rings. The zero-order valence-electron chi connectivity index (χ0n) is 15.0. The van der Waals surface area contributed by atoms with Crippen molar-refractivity contribution in [2.45, 2.75) is 74.8 Å². The molecule has 7 aliphatic rings. The lowest BCUT2D eigenvalue weighted by atomic mass is 9.52. The molecule has 0 radical (unpaired) electrons. The first-order valence-corrected chi connectivity index (χ1v) is 10.2. The van der Waals surface area contributed by atoms with Crippen molar-refractivity contribution in [3.8, 4) is 0 Å². The highest BCUT2D eigenvalue weighted by Gasteiger charge is 2.66. The van der Waals surface area contributed by atoms with E-state index in [4.69, 9.17) is 14.2 Å². The summed E-state index contributed by atoms with van der Waals surface area (Å²) in [6.45, 7) is 3.56. The molecule has 6 aliphatic carbocycles. The van der Waals surface area contributed by atoms with Gasteiger partial charge < -0.3 is 14.2 Å². The molecule has 6 saturated carbocycles. The first kappa shape index (κ1) is 15.7. The van der Waals surface area contributed by atoms with Crippen LogP contribution in [0, 0.1) is 29.6 Å². The summed E-state index contributed by atoms with van der Waals surface area (Å²) < 4.78 is 18.5. The zero-order valence-corrected chi connectivity index (χ0v) is 15.0. The summed E-state index contributed by atoms with van der Waals surface area (Å²) in [6.07, 6.45) is 9.38. The van der Waals surface area contributed by atoms with Crippen LogP contribution in [0.3, 0.4) is 0 Å². The van der Waals surface area contributed by atoms with Crippen LogP contribution in [-0.4, -0.2) is 35.3 Å². The second-order valence-corrected chi connectivity index (χ2v) is 9.94. The van der Waals surface area contributed by atoms with E-state index in [9.17, 15) is 9.59 Å². The summed E-state index contributed by atoms with van der Waals surface area (Å²) in [7, 11) is 0. The van der Waals surface area contributed by atoms with Gasteiger partial charge in [-0.15, -0.1) is 0 Å². The molecule has 7 rings (SSSR count). The molecule has 5 nitrogen and oxygen atoms in total. The number of hydrogen-bond donors (Lipinski definition) is 0. The Kier molecular flexibility index (Phi) is 2.96. The molecule has 0 aromatic heterocycles. The van der Waals surface area contributed by atoms with E-state index in [0.29, 0.717) is 23.7 Å². The number of ether oxygens (including phenoxy) is 3. The highest BCUT2D eigenvalue weighted by Crippen LogP contribution is 2.63. The predicted molar refractivity (Wildman–Crippen MR) is 90.9 cm³/mol. The molecule has 0 aromatic carbocycles. The maximum absolute atomic E-state index is 12.1. The van der Waals surface area contributed by atoms with Gasteiger partial charge in [0.05, 0.1) is 17.6 Å². The van der Waals surface area contributed by atoms with Gasteiger partial charge in [-0.2, -0.15) is 0 Å². The molecule has 0 N–H and O–H groups in total. The van der Waals surface area contributed by atoms with E-state index in [2.05, 4.69) is 6.58 Å². The Labute approximate surface area is 153 Å². The van der Waals surface area contributed by atoms with Gasteiger partial charge >= 0.3 is 11.9 Å². The van der Waals surface area contributed by atoms with Gasteiger partial charge in [-0.3, -0.25) is 4.79 Å². The third-order valence-corrected chi connectivity index (χ3v) is 8.24. The molecule has 5 heteroatoms. The first-order chi connectivity index (χ1) is 12.5. The fraction of sp³-hybridized carbons (Fsp3) is 0.810. The van der Waals surface area contributed by atoms with Crippen molar-refractivity contribution >= 4 is 11.9 Å². The van der Waals surface area contributed by atoms with Crippen LogP contribution >= 0.6 is 0 Å². The SMILES string of the molecule is C=CC(=O)OC12CC3CC(C1)CC(OC1C4CC5C(=O)OC1C5C4)(C3)C2. The second-order valence-electron chi connectivity index (χ2n) is 9.94. The molecule has 6 bridgehead atoms. The molecule has 140 valence electrons. The zero-order chi connectivity index (χ0) is 17.7. The summed E-state index contributed by atoms with van der Waals surface area (Å²) in [6, 6.07) is 0. The largest absolute Gasteiger partial charge is 0.459 e. The molecule has 1 saturated heterocycles. The monoisotopic (exact) mass is 358 g/mol. The van der Waals surface area contributed by atoms with Crippen LogP contribution < -0.4 is 0 Å². The Morgan fingerprint density at radius 1 is 1.12 bits per heavy atom. The Hall–Kier alpha value is -1.36. The minimum Gasteiger partial charge on any atom is -0.459 e. The topological polar surface area (TPSA) is 61.8 Å². The third kappa shape index (κ3) is 2.01. The van der Waals surface area contributed by atoms with Gasteiger partial charge in [-0.1, -0.05) is 6.58 Å². The maximum Gasteiger partial charge on any atom is 0.330 e. The minimum absolute atomic E-state index is 0.00417. The molecule has 1 aliphatic heterocycles. The van der Waals surface area contributed by atoms with Crippen LogP contribution in [0.15, 0.2) is 12.7 Å². The van der Waals surface area contributed by atoms with Gasteiger partial charge in [0.2, 0.25) is 0 Å². The lowest BCUT2D eigenvalue weighted by Gasteiger charge is -2.61. The van der Waals surface area contributed by atoms with Crippen molar-refractivity contribution in [1.82, 2.24) is 0 Å². The van der Waals surface area contributed by atoms with E-state index in [0.717, 1.165) is 44.9 Å². The average molecular weight is 358 g/mol. The lowest BCUT2D eigenvalue weighted by Crippen LogP contribution is -2.62. The van der Waals surface area contributed by atoms with Gasteiger partial charge in [-0.25, -0.2) is 4.79 Å². The molecule has 7 unspecified atom stereocenters. The smallest absolute Gasteiger partial charge is 0.330 e. The summed E-state index contributed by atoms with van der Waals surface area (Å²) >= 11 is 0. The molecule has 1 heterocycles. The minimum atomic E-state index is -0.373. The van der Waals surface area contributed by atoms with Crippen LogP contribution in [0.1, 0.15) is 51.4 Å². The maximum atomic E-state index is 12.1. The fourth-order valence-corrected chi connectivity index (χ4v) is 7.96. The lowest BCUT2D eigenvalue weighted by molar-refractivity contribution is -0.255. The Morgan fingerprint density at radius 2 is 1.85 bits per heavy atom. The van der Waals surface area contributed by atoms with Crippen LogP contribution in [-0.2, 0) is 23.8 Å². The van der Waals surface area contributed by atoms with Crippen LogP contribution in [0.2, 0.25) is 0 Å². The van der Waals surface area contributed by atoms with Crippen molar-refractivity contribution in [2.24, 2.45) is 29.6 Å². The van der Waals surface area contributed by atoms with Gasteiger partial charge in [0.1, 0.15) is 11.7 Å². The van der Waals surface area contributed by atoms with E-state index in [1.807, 2.05) is 0 Å². The standard InChI is InChI=1S/C21H26O5/c1-2-16(22)25-20-6-11-3-12(7-20)9-21(8-11,10-20)26-17-13-4-14-15(5-13)19(23)24-18(14)17/h2,11-15,17-18H,1,3-10H2. The Balaban J connectivity index is 1.27. The predicted octanol–water partition coefficient (Wildman–Crippen LogP) is 2.77. The van der Waals surface area contributed by atoms with Crippen LogP contribution in [0.25, 0.3) is 0 Å². The van der Waals surface area contributed by atoms with Gasteiger partial charge in [-0.05, 0) is 62.7 Å². The molecule has 26 heavy (non-hydrogen) atoms. The number of rotatable bonds is 4. The van der Waals surface area contributed by atoms with Crippen molar-refractivity contribution in [3.63, 3.8) is 0 Å². The van der Waals surface area contributed by atoms with E-state index >= 15 is 0 Å². The second kappa shape index (κ2) is 4.92. The van der Waals surface area contributed by atoms with Crippen molar-refractivity contribution in [3.05, 3.63) is 12.7 Å². The highest BCUT2D eigenvalue weighted by atomic mass is 16.6. The number of carbonyl (C=O) groups is 2. The number of esters is 2. The molecular formula is C21H26O5. The van der Waals surface area contributed by atoms with E-state index in [1.165, 1.54) is 12.5 Å². The molecule has 7 atom stereocenters. The van der Waals surface area contributed by atoms with Crippen molar-refractivity contribution in [2.75, 3.05) is 0 Å². The number of fused-ring (bicyclic) bond motifs is 1. The normalized spacial score (nSPS) is 55.2. The van der Waals surface area contributed by atoms with Crippen LogP contribution in [0.5, 0.6) is 0 Å². The molecule has 7 fully saturated rings. The first-order valence-electron chi connectivity index (χ1n) is 10.2. The summed E-state index contributed by atoms with van der Waals surface area (Å²) in [5.74, 6) is 1.80. The molecule has 0 spiro atoms. The van der Waals surface area contributed by atoms with Gasteiger partial charge in [0.15, 0.2) is 0 Å². The summed E-state index contributed by atoms with van der Waals surface area (Å²) in [4.78, 5) is 24.0. The Morgan fingerprint density at radius 3 is 2.58 bits per heavy atom. The van der Waals surface area contributed by atoms with E-state index in [1.54, 1.807) is 0 Å². The van der Waals surface area contributed by atoms with E-state index < -0.39 is 0 Å². The summed E-state index contributed by atoms with van der Waals surface area (Å²) in [5, 5.41) is 0. The Bertz CT molecular complexity index is 685. The van der Waals surface area contributed by atoms with Gasteiger partial charge in [0, 0.05) is 18.4 Å². The molecular weight excluding hydrogens is 332 g/mol. The molecule has 0 amide bonds. The van der Waals surface area contributed by atoms with Crippen molar-refractivity contribution in [1.29, 1.82) is 0 Å².